The van der Waals surface area contributed by atoms with Crippen LogP contribution >= 0.6 is 15.9 Å². The smallest absolute Gasteiger partial charge is 0.234 e. The van der Waals surface area contributed by atoms with Gasteiger partial charge in [-0.2, -0.15) is 0 Å². The summed E-state index contributed by atoms with van der Waals surface area (Å²) in [5.41, 5.74) is 2.13. The molecule has 0 bridgehead atoms. The van der Waals surface area contributed by atoms with Crippen LogP contribution < -0.4 is 19.5 Å². The van der Waals surface area contributed by atoms with E-state index in [2.05, 4.69) is 38.3 Å². The molecular weight excluding hydrogens is 436 g/mol. The zero-order valence-electron chi connectivity index (χ0n) is 17.0. The van der Waals surface area contributed by atoms with E-state index in [1.54, 1.807) is 21.3 Å². The Hall–Kier alpha value is -2.25. The molecule has 7 heteroatoms. The molecule has 0 aromatic heterocycles. The number of methoxy groups -OCH3 is 3. The van der Waals surface area contributed by atoms with Crippen molar-refractivity contribution in [1.29, 1.82) is 0 Å². The van der Waals surface area contributed by atoms with Gasteiger partial charge in [0.05, 0.1) is 27.9 Å². The Morgan fingerprint density at radius 3 is 2.48 bits per heavy atom. The lowest BCUT2D eigenvalue weighted by Crippen LogP contribution is -2.36. The van der Waals surface area contributed by atoms with Crippen LogP contribution in [0.4, 0.5) is 0 Å². The summed E-state index contributed by atoms with van der Waals surface area (Å²) < 4.78 is 17.2. The summed E-state index contributed by atoms with van der Waals surface area (Å²) >= 11 is 3.54. The maximum atomic E-state index is 12.6. The average Bonchev–Trinajstić information content (AvgIpc) is 3.19. The van der Waals surface area contributed by atoms with Gasteiger partial charge in [-0.15, -0.1) is 0 Å². The highest BCUT2D eigenvalue weighted by molar-refractivity contribution is 9.10. The second-order valence-electron chi connectivity index (χ2n) is 6.99. The second-order valence-corrected chi connectivity index (χ2v) is 7.91. The van der Waals surface area contributed by atoms with Crippen LogP contribution in [0, 0.1) is 0 Å². The van der Waals surface area contributed by atoms with Crippen molar-refractivity contribution in [3.05, 3.63) is 52.0 Å². The van der Waals surface area contributed by atoms with Crippen molar-refractivity contribution in [1.82, 2.24) is 10.2 Å². The second kappa shape index (κ2) is 9.98. The minimum Gasteiger partial charge on any atom is -0.493 e. The average molecular weight is 463 g/mol. The van der Waals surface area contributed by atoms with Crippen molar-refractivity contribution >= 4 is 21.8 Å². The van der Waals surface area contributed by atoms with Gasteiger partial charge in [-0.3, -0.25) is 9.69 Å². The van der Waals surface area contributed by atoms with E-state index in [-0.39, 0.29) is 11.9 Å². The van der Waals surface area contributed by atoms with Gasteiger partial charge in [0.15, 0.2) is 11.5 Å². The van der Waals surface area contributed by atoms with Crippen molar-refractivity contribution in [2.45, 2.75) is 25.4 Å². The number of carbonyl (C=O) groups excluding carboxylic acids is 1. The van der Waals surface area contributed by atoms with Crippen LogP contribution in [-0.4, -0.2) is 45.2 Å². The molecule has 156 valence electrons. The van der Waals surface area contributed by atoms with E-state index in [1.807, 2.05) is 24.3 Å². The van der Waals surface area contributed by atoms with Crippen molar-refractivity contribution in [2.24, 2.45) is 0 Å². The van der Waals surface area contributed by atoms with Crippen molar-refractivity contribution in [3.8, 4) is 17.2 Å². The maximum absolute atomic E-state index is 12.6. The van der Waals surface area contributed by atoms with Gasteiger partial charge in [-0.1, -0.05) is 28.1 Å². The summed E-state index contributed by atoms with van der Waals surface area (Å²) in [6.45, 7) is 1.70. The third kappa shape index (κ3) is 5.22. The Kier molecular flexibility index (Phi) is 7.39. The standard InChI is InChI=1S/C22H27BrN2O4/c1-27-19-10-15(11-20(28-2)22(19)29-3)13-24-21(26)14-25-9-5-8-18(25)16-6-4-7-17(23)12-16/h4,6-7,10-12,18H,5,8-9,13-14H2,1-3H3,(H,24,26). The minimum atomic E-state index is 0.000601. The normalized spacial score (nSPS) is 16.5. The van der Waals surface area contributed by atoms with Crippen LogP contribution in [0.1, 0.15) is 30.0 Å². The number of rotatable bonds is 8. The maximum Gasteiger partial charge on any atom is 0.234 e. The molecule has 29 heavy (non-hydrogen) atoms. The molecule has 1 unspecified atom stereocenters. The van der Waals surface area contributed by atoms with Crippen LogP contribution in [0.2, 0.25) is 0 Å². The number of hydrogen-bond donors (Lipinski definition) is 1. The largest absolute Gasteiger partial charge is 0.493 e. The molecular formula is C22H27BrN2O4. The number of likely N-dealkylation sites (tertiary alicyclic amines) is 1. The molecule has 1 saturated heterocycles. The molecule has 2 aromatic carbocycles. The van der Waals surface area contributed by atoms with Crippen molar-refractivity contribution < 1.29 is 19.0 Å². The Labute approximate surface area is 180 Å². The highest BCUT2D eigenvalue weighted by Gasteiger charge is 2.27. The molecule has 0 spiro atoms. The van der Waals surface area contributed by atoms with E-state index in [0.29, 0.717) is 30.3 Å². The summed E-state index contributed by atoms with van der Waals surface area (Å²) in [5.74, 6) is 1.69. The molecule has 0 saturated carbocycles. The molecule has 0 aliphatic carbocycles. The summed E-state index contributed by atoms with van der Waals surface area (Å²) in [6, 6.07) is 12.3. The molecule has 1 fully saturated rings. The predicted octanol–water partition coefficient (Wildman–Crippen LogP) is 3.93. The van der Waals surface area contributed by atoms with Gasteiger partial charge in [-0.05, 0) is 54.8 Å². The highest BCUT2D eigenvalue weighted by Crippen LogP contribution is 2.38. The first-order chi connectivity index (χ1) is 14.0. The van der Waals surface area contributed by atoms with Gasteiger partial charge in [0.25, 0.3) is 0 Å². The fraction of sp³-hybridized carbons (Fsp3) is 0.409. The fourth-order valence-corrected chi connectivity index (χ4v) is 4.20. The van der Waals surface area contributed by atoms with Crippen molar-refractivity contribution in [2.75, 3.05) is 34.4 Å². The number of hydrogen-bond acceptors (Lipinski definition) is 5. The number of ether oxygens (including phenoxy) is 3. The van der Waals surface area contributed by atoms with E-state index in [1.165, 1.54) is 5.56 Å². The topological polar surface area (TPSA) is 60.0 Å². The molecule has 1 aliphatic rings. The molecule has 0 radical (unpaired) electrons. The molecule has 3 rings (SSSR count). The quantitative estimate of drug-likeness (QED) is 0.643. The Bertz CT molecular complexity index is 833. The lowest BCUT2D eigenvalue weighted by Gasteiger charge is -2.24. The summed E-state index contributed by atoms with van der Waals surface area (Å²) in [7, 11) is 4.73. The van der Waals surface area contributed by atoms with Gasteiger partial charge in [0.2, 0.25) is 11.7 Å². The third-order valence-electron chi connectivity index (χ3n) is 5.16. The van der Waals surface area contributed by atoms with E-state index in [9.17, 15) is 4.79 Å². The van der Waals surface area contributed by atoms with E-state index >= 15 is 0 Å². The monoisotopic (exact) mass is 462 g/mol. The fourth-order valence-electron chi connectivity index (χ4n) is 3.79. The zero-order valence-corrected chi connectivity index (χ0v) is 18.6. The number of benzene rings is 2. The summed E-state index contributed by atoms with van der Waals surface area (Å²) in [4.78, 5) is 14.8. The molecule has 2 aromatic rings. The lowest BCUT2D eigenvalue weighted by molar-refractivity contribution is -0.122. The van der Waals surface area contributed by atoms with Crippen LogP contribution in [-0.2, 0) is 11.3 Å². The first-order valence-corrected chi connectivity index (χ1v) is 10.4. The summed E-state index contributed by atoms with van der Waals surface area (Å²) in [5, 5.41) is 3.01. The Balaban J connectivity index is 1.62. The van der Waals surface area contributed by atoms with E-state index in [0.717, 1.165) is 29.4 Å². The van der Waals surface area contributed by atoms with Gasteiger partial charge < -0.3 is 19.5 Å². The van der Waals surface area contributed by atoms with E-state index < -0.39 is 0 Å². The molecule has 1 amide bonds. The van der Waals surface area contributed by atoms with Crippen molar-refractivity contribution in [3.63, 3.8) is 0 Å². The zero-order chi connectivity index (χ0) is 20.8. The van der Waals surface area contributed by atoms with Crippen LogP contribution in [0.3, 0.4) is 0 Å². The molecule has 1 aliphatic heterocycles. The van der Waals surface area contributed by atoms with E-state index in [4.69, 9.17) is 14.2 Å². The predicted molar refractivity (Wildman–Crippen MR) is 116 cm³/mol. The Morgan fingerprint density at radius 2 is 1.86 bits per heavy atom. The number of carbonyl (C=O) groups is 1. The molecule has 1 N–H and O–H groups in total. The van der Waals surface area contributed by atoms with Gasteiger partial charge >= 0.3 is 0 Å². The Morgan fingerprint density at radius 1 is 1.14 bits per heavy atom. The first-order valence-electron chi connectivity index (χ1n) is 9.60. The van der Waals surface area contributed by atoms with Crippen LogP contribution in [0.5, 0.6) is 17.2 Å². The molecule has 6 nitrogen and oxygen atoms in total. The van der Waals surface area contributed by atoms with Gasteiger partial charge in [0, 0.05) is 17.1 Å². The lowest BCUT2D eigenvalue weighted by atomic mass is 10.0. The summed E-state index contributed by atoms with van der Waals surface area (Å²) in [6.07, 6.45) is 2.16. The molecule has 1 heterocycles. The number of nitrogens with one attached hydrogen (secondary N) is 1. The molecule has 1 atom stereocenters. The third-order valence-corrected chi connectivity index (χ3v) is 5.65. The highest BCUT2D eigenvalue weighted by atomic mass is 79.9. The minimum absolute atomic E-state index is 0.000601. The number of halogens is 1. The number of nitrogens with zero attached hydrogens (tertiary/aromatic N) is 1. The van der Waals surface area contributed by atoms with Crippen LogP contribution in [0.15, 0.2) is 40.9 Å². The van der Waals surface area contributed by atoms with Gasteiger partial charge in [0.1, 0.15) is 0 Å². The SMILES string of the molecule is COc1cc(CNC(=O)CN2CCCC2c2cccc(Br)c2)cc(OC)c1OC. The number of amides is 1. The van der Waals surface area contributed by atoms with Gasteiger partial charge in [-0.25, -0.2) is 0 Å². The van der Waals surface area contributed by atoms with Crippen LogP contribution in [0.25, 0.3) is 0 Å². The first kappa shape index (κ1) is 21.5.